The first kappa shape index (κ1) is 11.2. The molecule has 1 aliphatic rings. The minimum Gasteiger partial charge on any atom is -0.475 e. The lowest BCUT2D eigenvalue weighted by Gasteiger charge is -2.06. The van der Waals surface area contributed by atoms with Gasteiger partial charge in [0, 0.05) is 5.56 Å². The lowest BCUT2D eigenvalue weighted by molar-refractivity contribution is 0.292. The molecule has 1 aliphatic heterocycles. The summed E-state index contributed by atoms with van der Waals surface area (Å²) in [6, 6.07) is 6.68. The van der Waals surface area contributed by atoms with Crippen molar-refractivity contribution in [1.82, 2.24) is 0 Å². The van der Waals surface area contributed by atoms with E-state index >= 15 is 0 Å². The van der Waals surface area contributed by atoms with Crippen molar-refractivity contribution in [2.75, 3.05) is 6.61 Å². The van der Waals surface area contributed by atoms with Crippen molar-refractivity contribution in [3.05, 3.63) is 34.9 Å². The monoisotopic (exact) mass is 217 g/mol. The third-order valence-corrected chi connectivity index (χ3v) is 3.20. The molecular weight excluding hydrogens is 198 g/mol. The van der Waals surface area contributed by atoms with E-state index in [0.717, 1.165) is 18.1 Å². The van der Waals surface area contributed by atoms with Gasteiger partial charge in [0.15, 0.2) is 0 Å². The second-order valence-corrected chi connectivity index (χ2v) is 4.86. The average Bonchev–Trinajstić information content (AvgIpc) is 2.71. The summed E-state index contributed by atoms with van der Waals surface area (Å²) in [4.78, 5) is 4.62. The molecule has 86 valence electrons. The predicted octanol–water partition coefficient (Wildman–Crippen LogP) is 3.10. The number of hydrogen-bond donors (Lipinski definition) is 0. The third kappa shape index (κ3) is 2.11. The molecule has 0 aliphatic carbocycles. The molecule has 0 saturated heterocycles. The molecule has 1 atom stereocenters. The van der Waals surface area contributed by atoms with Gasteiger partial charge in [-0.1, -0.05) is 19.9 Å². The number of ether oxygens (including phenoxy) is 1. The van der Waals surface area contributed by atoms with Crippen LogP contribution in [0.5, 0.6) is 0 Å². The van der Waals surface area contributed by atoms with Gasteiger partial charge >= 0.3 is 0 Å². The molecule has 0 spiro atoms. The van der Waals surface area contributed by atoms with E-state index in [2.05, 4.69) is 50.9 Å². The number of nitrogens with zero attached hydrogens (tertiary/aromatic N) is 1. The topological polar surface area (TPSA) is 21.6 Å². The highest BCUT2D eigenvalue weighted by Gasteiger charge is 2.22. The fourth-order valence-corrected chi connectivity index (χ4v) is 1.76. The lowest BCUT2D eigenvalue weighted by Crippen LogP contribution is -2.13. The van der Waals surface area contributed by atoms with E-state index in [9.17, 15) is 0 Å². The summed E-state index contributed by atoms with van der Waals surface area (Å²) in [5.74, 6) is 1.35. The molecule has 1 aromatic carbocycles. The SMILES string of the molecule is Cc1ccc(C2=N[C@H](C(C)C)CO2)cc1C. The van der Waals surface area contributed by atoms with Gasteiger partial charge in [-0.3, -0.25) is 0 Å². The van der Waals surface area contributed by atoms with E-state index in [1.807, 2.05) is 0 Å². The summed E-state index contributed by atoms with van der Waals surface area (Å²) < 4.78 is 5.66. The van der Waals surface area contributed by atoms with Crippen LogP contribution in [0.4, 0.5) is 0 Å². The molecule has 0 unspecified atom stereocenters. The highest BCUT2D eigenvalue weighted by Crippen LogP contribution is 2.19. The number of aliphatic imine (C=N–C) groups is 1. The Labute approximate surface area is 97.4 Å². The predicted molar refractivity (Wildman–Crippen MR) is 67.0 cm³/mol. The van der Waals surface area contributed by atoms with E-state index in [1.165, 1.54) is 11.1 Å². The molecule has 1 aromatic rings. The van der Waals surface area contributed by atoms with Gasteiger partial charge in [-0.25, -0.2) is 4.99 Å². The maximum Gasteiger partial charge on any atom is 0.216 e. The van der Waals surface area contributed by atoms with Crippen LogP contribution in [0.3, 0.4) is 0 Å². The van der Waals surface area contributed by atoms with Gasteiger partial charge in [-0.15, -0.1) is 0 Å². The van der Waals surface area contributed by atoms with Crippen LogP contribution in [0, 0.1) is 19.8 Å². The Kier molecular flexibility index (Phi) is 2.99. The van der Waals surface area contributed by atoms with Crippen molar-refractivity contribution >= 4 is 5.90 Å². The highest BCUT2D eigenvalue weighted by atomic mass is 16.5. The lowest BCUT2D eigenvalue weighted by atomic mass is 10.1. The number of rotatable bonds is 2. The minimum absolute atomic E-state index is 0.316. The fraction of sp³-hybridized carbons (Fsp3) is 0.500. The second kappa shape index (κ2) is 4.28. The number of benzene rings is 1. The number of hydrogen-bond acceptors (Lipinski definition) is 2. The zero-order valence-corrected chi connectivity index (χ0v) is 10.4. The summed E-state index contributed by atoms with van der Waals surface area (Å²) in [7, 11) is 0. The van der Waals surface area contributed by atoms with Crippen LogP contribution in [0.2, 0.25) is 0 Å². The van der Waals surface area contributed by atoms with Crippen molar-refractivity contribution in [2.45, 2.75) is 33.7 Å². The van der Waals surface area contributed by atoms with Crippen LogP contribution in [-0.4, -0.2) is 18.5 Å². The van der Waals surface area contributed by atoms with Crippen molar-refractivity contribution in [2.24, 2.45) is 10.9 Å². The van der Waals surface area contributed by atoms with Crippen molar-refractivity contribution in [3.8, 4) is 0 Å². The van der Waals surface area contributed by atoms with Crippen molar-refractivity contribution in [1.29, 1.82) is 0 Å². The Bertz CT molecular complexity index is 421. The van der Waals surface area contributed by atoms with Crippen LogP contribution in [0.1, 0.15) is 30.5 Å². The molecule has 2 heteroatoms. The number of aryl methyl sites for hydroxylation is 2. The van der Waals surface area contributed by atoms with Gasteiger partial charge in [0.1, 0.15) is 6.61 Å². The van der Waals surface area contributed by atoms with E-state index < -0.39 is 0 Å². The van der Waals surface area contributed by atoms with Gasteiger partial charge < -0.3 is 4.74 Å². The van der Waals surface area contributed by atoms with Crippen LogP contribution < -0.4 is 0 Å². The van der Waals surface area contributed by atoms with E-state index in [0.29, 0.717) is 12.0 Å². The molecule has 0 bridgehead atoms. The largest absolute Gasteiger partial charge is 0.475 e. The summed E-state index contributed by atoms with van der Waals surface area (Å²) in [5.41, 5.74) is 3.70. The van der Waals surface area contributed by atoms with Crippen molar-refractivity contribution in [3.63, 3.8) is 0 Å². The molecule has 1 heterocycles. The van der Waals surface area contributed by atoms with Crippen LogP contribution in [-0.2, 0) is 4.74 Å². The average molecular weight is 217 g/mol. The first-order chi connectivity index (χ1) is 7.58. The van der Waals surface area contributed by atoms with Crippen LogP contribution in [0.25, 0.3) is 0 Å². The summed E-state index contributed by atoms with van der Waals surface area (Å²) in [5, 5.41) is 0. The van der Waals surface area contributed by atoms with Gasteiger partial charge in [0.05, 0.1) is 6.04 Å². The summed E-state index contributed by atoms with van der Waals surface area (Å²) >= 11 is 0. The zero-order valence-electron chi connectivity index (χ0n) is 10.4. The molecule has 0 radical (unpaired) electrons. The van der Waals surface area contributed by atoms with Gasteiger partial charge in [0.25, 0.3) is 0 Å². The maximum atomic E-state index is 5.66. The Morgan fingerprint density at radius 2 is 2.00 bits per heavy atom. The molecule has 0 saturated carbocycles. The summed E-state index contributed by atoms with van der Waals surface area (Å²) in [6.45, 7) is 9.32. The second-order valence-electron chi connectivity index (χ2n) is 4.86. The third-order valence-electron chi connectivity index (χ3n) is 3.20. The Morgan fingerprint density at radius 1 is 1.25 bits per heavy atom. The zero-order chi connectivity index (χ0) is 11.7. The van der Waals surface area contributed by atoms with Crippen molar-refractivity contribution < 1.29 is 4.74 Å². The molecular formula is C14H19NO. The Balaban J connectivity index is 2.25. The van der Waals surface area contributed by atoms with E-state index in [-0.39, 0.29) is 0 Å². The molecule has 0 amide bonds. The minimum atomic E-state index is 0.316. The molecule has 0 fully saturated rings. The van der Waals surface area contributed by atoms with Crippen LogP contribution in [0.15, 0.2) is 23.2 Å². The molecule has 0 N–H and O–H groups in total. The normalized spacial score (nSPS) is 19.8. The van der Waals surface area contributed by atoms with Gasteiger partial charge in [-0.2, -0.15) is 0 Å². The standard InChI is InChI=1S/C14H19NO/c1-9(2)13-8-16-14(15-13)12-6-5-10(3)11(4)7-12/h5-7,9,13H,8H2,1-4H3/t13-/m0/s1. The molecule has 0 aromatic heterocycles. The smallest absolute Gasteiger partial charge is 0.216 e. The molecule has 2 nitrogen and oxygen atoms in total. The van der Waals surface area contributed by atoms with E-state index in [1.54, 1.807) is 0 Å². The summed E-state index contributed by atoms with van der Waals surface area (Å²) in [6.07, 6.45) is 0. The van der Waals surface area contributed by atoms with E-state index in [4.69, 9.17) is 4.74 Å². The first-order valence-electron chi connectivity index (χ1n) is 5.86. The maximum absolute atomic E-state index is 5.66. The molecule has 16 heavy (non-hydrogen) atoms. The van der Waals surface area contributed by atoms with Gasteiger partial charge in [-0.05, 0) is 43.0 Å². The molecule has 2 rings (SSSR count). The first-order valence-corrected chi connectivity index (χ1v) is 5.86. The Morgan fingerprint density at radius 3 is 2.56 bits per heavy atom. The fourth-order valence-electron chi connectivity index (χ4n) is 1.76. The van der Waals surface area contributed by atoms with Gasteiger partial charge in [0.2, 0.25) is 5.90 Å². The Hall–Kier alpha value is -1.31. The van der Waals surface area contributed by atoms with Crippen LogP contribution >= 0.6 is 0 Å². The highest BCUT2D eigenvalue weighted by molar-refractivity contribution is 5.95. The quantitative estimate of drug-likeness (QED) is 0.746.